The minimum atomic E-state index is -5.08. The second-order valence-electron chi connectivity index (χ2n) is 6.05. The van der Waals surface area contributed by atoms with Gasteiger partial charge in [0.25, 0.3) is 0 Å². The predicted molar refractivity (Wildman–Crippen MR) is 99.6 cm³/mol. The fourth-order valence-corrected chi connectivity index (χ4v) is 2.13. The number of carbonyl (C=O) groups is 1. The van der Waals surface area contributed by atoms with Crippen molar-refractivity contribution in [2.24, 2.45) is 7.05 Å². The van der Waals surface area contributed by atoms with Crippen LogP contribution >= 0.6 is 0 Å². The molecule has 0 radical (unpaired) electrons. The number of halogens is 5. The molecule has 0 atom stereocenters. The molecule has 0 spiro atoms. The minimum absolute atomic E-state index is 0.182. The number of aliphatic carboxylic acids is 1. The Balaban J connectivity index is 0.000000423. The Morgan fingerprint density at radius 1 is 1.16 bits per heavy atom. The molecule has 0 aliphatic heterocycles. The molecule has 1 aromatic carbocycles. The van der Waals surface area contributed by atoms with Gasteiger partial charge >= 0.3 is 12.1 Å². The smallest absolute Gasteiger partial charge is 0.475 e. The number of anilines is 1. The minimum Gasteiger partial charge on any atom is -0.475 e. The van der Waals surface area contributed by atoms with Gasteiger partial charge in [-0.1, -0.05) is 6.07 Å². The van der Waals surface area contributed by atoms with Crippen LogP contribution in [0.2, 0.25) is 0 Å². The number of imidazole rings is 1. The zero-order valence-corrected chi connectivity index (χ0v) is 16.2. The summed E-state index contributed by atoms with van der Waals surface area (Å²) >= 11 is 0. The van der Waals surface area contributed by atoms with Crippen molar-refractivity contribution in [3.63, 3.8) is 0 Å². The third-order valence-electron chi connectivity index (χ3n) is 3.90. The fourth-order valence-electron chi connectivity index (χ4n) is 2.13. The molecule has 0 aliphatic rings. The van der Waals surface area contributed by atoms with Crippen LogP contribution in [0.1, 0.15) is 11.5 Å². The molecule has 7 nitrogen and oxygen atoms in total. The van der Waals surface area contributed by atoms with E-state index in [2.05, 4.69) is 15.3 Å². The molecule has 2 N–H and O–H groups in total. The highest BCUT2D eigenvalue weighted by Gasteiger charge is 2.38. The lowest BCUT2D eigenvalue weighted by molar-refractivity contribution is -0.192. The van der Waals surface area contributed by atoms with Crippen molar-refractivity contribution in [3.05, 3.63) is 65.9 Å². The van der Waals surface area contributed by atoms with E-state index in [-0.39, 0.29) is 11.6 Å². The van der Waals surface area contributed by atoms with Gasteiger partial charge in [0.2, 0.25) is 11.7 Å². The van der Waals surface area contributed by atoms with E-state index in [0.717, 1.165) is 23.3 Å². The Labute approximate surface area is 173 Å². The average molecular weight is 444 g/mol. The van der Waals surface area contributed by atoms with Crippen molar-refractivity contribution >= 4 is 11.7 Å². The first kappa shape index (κ1) is 23.6. The molecule has 12 heteroatoms. The average Bonchev–Trinajstić information content (AvgIpc) is 3.03. The lowest BCUT2D eigenvalue weighted by Gasteiger charge is -2.09. The van der Waals surface area contributed by atoms with E-state index in [4.69, 9.17) is 14.6 Å². The van der Waals surface area contributed by atoms with Crippen LogP contribution in [0.3, 0.4) is 0 Å². The van der Waals surface area contributed by atoms with Crippen LogP contribution in [-0.4, -0.2) is 31.8 Å². The summed E-state index contributed by atoms with van der Waals surface area (Å²) in [7, 11) is 1.95. The highest BCUT2D eigenvalue weighted by Crippen LogP contribution is 2.25. The van der Waals surface area contributed by atoms with Crippen molar-refractivity contribution in [2.45, 2.75) is 19.6 Å². The predicted octanol–water partition coefficient (Wildman–Crippen LogP) is 4.44. The molecule has 0 bridgehead atoms. The van der Waals surface area contributed by atoms with Gasteiger partial charge in [0, 0.05) is 13.1 Å². The molecular weight excluding hydrogens is 427 g/mol. The molecule has 0 amide bonds. The van der Waals surface area contributed by atoms with Gasteiger partial charge in [-0.25, -0.2) is 19.2 Å². The summed E-state index contributed by atoms with van der Waals surface area (Å²) in [6.07, 6.45) is -1.71. The number of aryl methyl sites for hydroxylation is 1. The first-order valence-electron chi connectivity index (χ1n) is 8.58. The second kappa shape index (κ2) is 9.87. The van der Waals surface area contributed by atoms with Gasteiger partial charge in [0.15, 0.2) is 11.6 Å². The number of nitrogens with one attached hydrogen (secondary N) is 1. The Kier molecular flexibility index (Phi) is 7.51. The largest absolute Gasteiger partial charge is 0.490 e. The third kappa shape index (κ3) is 6.66. The van der Waals surface area contributed by atoms with Gasteiger partial charge in [-0.15, -0.1) is 0 Å². The number of nitrogens with zero attached hydrogens (tertiary/aromatic N) is 3. The first-order valence-corrected chi connectivity index (χ1v) is 8.58. The summed E-state index contributed by atoms with van der Waals surface area (Å²) in [5, 5.41) is 10.3. The van der Waals surface area contributed by atoms with Crippen molar-refractivity contribution in [2.75, 3.05) is 5.32 Å². The fraction of sp³-hybridized carbons (Fsp3) is 0.211. The summed E-state index contributed by atoms with van der Waals surface area (Å²) < 4.78 is 65.7. The molecule has 3 aromatic rings. The van der Waals surface area contributed by atoms with E-state index in [1.54, 1.807) is 24.5 Å². The van der Waals surface area contributed by atoms with Crippen molar-refractivity contribution in [1.29, 1.82) is 0 Å². The molecule has 166 valence electrons. The Bertz CT molecular complexity index is 1040. The van der Waals surface area contributed by atoms with E-state index in [9.17, 15) is 22.0 Å². The van der Waals surface area contributed by atoms with Crippen LogP contribution in [-0.2, 0) is 18.4 Å². The molecule has 0 saturated carbocycles. The van der Waals surface area contributed by atoms with Crippen LogP contribution in [0.25, 0.3) is 0 Å². The number of pyridine rings is 1. The maximum Gasteiger partial charge on any atom is 0.490 e. The van der Waals surface area contributed by atoms with E-state index in [0.29, 0.717) is 6.54 Å². The van der Waals surface area contributed by atoms with E-state index < -0.39 is 23.8 Å². The van der Waals surface area contributed by atoms with Crippen LogP contribution in [0.15, 0.2) is 42.7 Å². The number of hydrogen-bond acceptors (Lipinski definition) is 5. The quantitative estimate of drug-likeness (QED) is 0.566. The zero-order chi connectivity index (χ0) is 23.2. The van der Waals surface area contributed by atoms with Crippen LogP contribution < -0.4 is 10.1 Å². The van der Waals surface area contributed by atoms with Gasteiger partial charge in [-0.3, -0.25) is 0 Å². The molecule has 0 saturated heterocycles. The maximum absolute atomic E-state index is 13.6. The lowest BCUT2D eigenvalue weighted by atomic mass is 10.3. The Hall–Kier alpha value is -3.70. The van der Waals surface area contributed by atoms with Gasteiger partial charge in [-0.2, -0.15) is 17.6 Å². The second-order valence-corrected chi connectivity index (χ2v) is 6.05. The summed E-state index contributed by atoms with van der Waals surface area (Å²) in [6.45, 7) is 2.53. The highest BCUT2D eigenvalue weighted by molar-refractivity contribution is 5.73. The number of alkyl halides is 3. The number of carboxylic acids is 1. The van der Waals surface area contributed by atoms with Crippen LogP contribution in [0.5, 0.6) is 11.6 Å². The molecule has 0 aliphatic carbocycles. The number of aromatic nitrogens is 3. The zero-order valence-electron chi connectivity index (χ0n) is 16.2. The van der Waals surface area contributed by atoms with Gasteiger partial charge < -0.3 is 19.7 Å². The number of rotatable bonds is 5. The molecule has 0 fully saturated rings. The SMILES string of the molecule is Cc1ncc(CNc2ccc(Oc3cccc(F)c3F)nc2)n1C.O=C(O)C(F)(F)F. The van der Waals surface area contributed by atoms with Crippen molar-refractivity contribution in [3.8, 4) is 11.6 Å². The lowest BCUT2D eigenvalue weighted by Crippen LogP contribution is -2.21. The standard InChI is InChI=1S/C17H16F2N4O.C2HF3O2/c1-11-20-9-13(23(11)2)10-21-12-6-7-16(22-8-12)24-15-5-3-4-14(18)17(15)19;3-2(4,5)1(6)7/h3-9,21H,10H2,1-2H3;(H,6,7). The summed E-state index contributed by atoms with van der Waals surface area (Å²) in [5.41, 5.74) is 1.82. The summed E-state index contributed by atoms with van der Waals surface area (Å²) in [4.78, 5) is 17.2. The van der Waals surface area contributed by atoms with E-state index in [1.165, 1.54) is 12.1 Å². The number of carboxylic acid groups (broad SMARTS) is 1. The number of hydrogen-bond donors (Lipinski definition) is 2. The summed E-state index contributed by atoms with van der Waals surface area (Å²) in [6, 6.07) is 7.09. The normalized spacial score (nSPS) is 10.8. The molecule has 31 heavy (non-hydrogen) atoms. The van der Waals surface area contributed by atoms with Gasteiger partial charge in [-0.05, 0) is 25.1 Å². The molecule has 0 unspecified atom stereocenters. The van der Waals surface area contributed by atoms with Crippen molar-refractivity contribution in [1.82, 2.24) is 14.5 Å². The summed E-state index contributed by atoms with van der Waals surface area (Å²) in [5.74, 6) is -3.83. The number of benzene rings is 1. The maximum atomic E-state index is 13.6. The Morgan fingerprint density at radius 2 is 1.84 bits per heavy atom. The highest BCUT2D eigenvalue weighted by atomic mass is 19.4. The van der Waals surface area contributed by atoms with Crippen LogP contribution in [0.4, 0.5) is 27.6 Å². The van der Waals surface area contributed by atoms with Gasteiger partial charge in [0.05, 0.1) is 30.3 Å². The topological polar surface area (TPSA) is 89.3 Å². The third-order valence-corrected chi connectivity index (χ3v) is 3.90. The first-order chi connectivity index (χ1) is 14.5. The Morgan fingerprint density at radius 3 is 2.35 bits per heavy atom. The van der Waals surface area contributed by atoms with Gasteiger partial charge in [0.1, 0.15) is 5.82 Å². The molecule has 3 rings (SSSR count). The van der Waals surface area contributed by atoms with Crippen molar-refractivity contribution < 1.29 is 36.6 Å². The molecular formula is C19H17F5N4O3. The molecule has 2 aromatic heterocycles. The van der Waals surface area contributed by atoms with E-state index in [1.807, 2.05) is 18.5 Å². The van der Waals surface area contributed by atoms with Crippen LogP contribution in [0, 0.1) is 18.6 Å². The monoisotopic (exact) mass is 444 g/mol. The number of ether oxygens (including phenoxy) is 1. The molecule has 2 heterocycles. The van der Waals surface area contributed by atoms with E-state index >= 15 is 0 Å².